The summed E-state index contributed by atoms with van der Waals surface area (Å²) in [6.45, 7) is -0.0794. The van der Waals surface area contributed by atoms with Gasteiger partial charge in [-0.15, -0.1) is 0 Å². The summed E-state index contributed by atoms with van der Waals surface area (Å²) >= 11 is 0. The number of aliphatic hydroxyl groups is 1. The normalized spacial score (nSPS) is 13.8. The molecular weight excluding hydrogens is 244 g/mol. The predicted octanol–water partition coefficient (Wildman–Crippen LogP) is 1.37. The fraction of sp³-hybridized carbons (Fsp3) is 0.0714. The van der Waals surface area contributed by atoms with Crippen molar-refractivity contribution >= 4 is 17.5 Å². The Morgan fingerprint density at radius 3 is 2.42 bits per heavy atom. The number of imide groups is 1. The smallest absolute Gasteiger partial charge is 0.284 e. The molecule has 3 rings (SSSR count). The van der Waals surface area contributed by atoms with Crippen LogP contribution >= 0.6 is 0 Å². The van der Waals surface area contributed by atoms with Gasteiger partial charge in [0.2, 0.25) is 0 Å². The van der Waals surface area contributed by atoms with Gasteiger partial charge in [0.05, 0.1) is 17.9 Å². The Morgan fingerprint density at radius 2 is 1.79 bits per heavy atom. The number of nitrogens with zero attached hydrogens (tertiary/aromatic N) is 2. The Balaban J connectivity index is 2.03. The molecule has 2 aromatic rings. The van der Waals surface area contributed by atoms with Crippen LogP contribution in [0.5, 0.6) is 0 Å². The molecule has 0 saturated heterocycles. The number of anilines is 1. The number of fused-ring (bicyclic) bond motifs is 1. The van der Waals surface area contributed by atoms with Crippen LogP contribution in [-0.4, -0.2) is 21.9 Å². The van der Waals surface area contributed by atoms with Crippen LogP contribution in [0.25, 0.3) is 0 Å². The number of carbonyl (C=O) groups excluding carboxylic acids is 2. The molecule has 1 aromatic heterocycles. The molecule has 1 N–H and O–H groups in total. The lowest BCUT2D eigenvalue weighted by Crippen LogP contribution is -2.29. The first-order chi connectivity index (χ1) is 9.22. The van der Waals surface area contributed by atoms with Gasteiger partial charge in [0.15, 0.2) is 0 Å². The van der Waals surface area contributed by atoms with Crippen molar-refractivity contribution < 1.29 is 14.7 Å². The van der Waals surface area contributed by atoms with Crippen LogP contribution in [0.15, 0.2) is 42.6 Å². The number of carbonyl (C=O) groups is 2. The molecule has 0 bridgehead atoms. The number of aromatic nitrogens is 1. The van der Waals surface area contributed by atoms with Crippen molar-refractivity contribution in [1.82, 2.24) is 4.98 Å². The minimum Gasteiger partial charge on any atom is -0.392 e. The van der Waals surface area contributed by atoms with Crippen LogP contribution in [0.1, 0.15) is 26.4 Å². The van der Waals surface area contributed by atoms with Gasteiger partial charge in [-0.1, -0.05) is 12.1 Å². The third kappa shape index (κ3) is 1.71. The Hall–Kier alpha value is -2.53. The first kappa shape index (κ1) is 11.6. The van der Waals surface area contributed by atoms with E-state index in [-0.39, 0.29) is 18.2 Å². The van der Waals surface area contributed by atoms with Crippen LogP contribution in [-0.2, 0) is 6.61 Å². The zero-order chi connectivity index (χ0) is 13.4. The molecule has 1 aromatic carbocycles. The average molecular weight is 254 g/mol. The average Bonchev–Trinajstić information content (AvgIpc) is 2.72. The maximum Gasteiger partial charge on any atom is 0.284 e. The Bertz CT molecular complexity index is 630. The number of amides is 2. The quantitative estimate of drug-likeness (QED) is 0.822. The summed E-state index contributed by atoms with van der Waals surface area (Å²) in [6.07, 6.45) is 1.49. The van der Waals surface area contributed by atoms with Gasteiger partial charge in [0.25, 0.3) is 11.8 Å². The molecule has 2 amide bonds. The first-order valence-corrected chi connectivity index (χ1v) is 5.76. The minimum atomic E-state index is -0.419. The van der Waals surface area contributed by atoms with Crippen molar-refractivity contribution in [3.63, 3.8) is 0 Å². The highest BCUT2D eigenvalue weighted by atomic mass is 16.3. The Labute approximate surface area is 109 Å². The van der Waals surface area contributed by atoms with Crippen LogP contribution < -0.4 is 4.90 Å². The standard InChI is InChI=1S/C14H10N2O3/c17-8-9-3-5-10(6-4-9)16-13(18)11-2-1-7-15-12(11)14(16)19/h1-7,17H,8H2. The van der Waals surface area contributed by atoms with Crippen LogP contribution in [0, 0.1) is 0 Å². The molecule has 1 aliphatic heterocycles. The fourth-order valence-electron chi connectivity index (χ4n) is 2.05. The van der Waals surface area contributed by atoms with E-state index in [2.05, 4.69) is 4.98 Å². The summed E-state index contributed by atoms with van der Waals surface area (Å²) in [5, 5.41) is 8.98. The van der Waals surface area contributed by atoms with Gasteiger partial charge in [-0.3, -0.25) is 14.6 Å². The van der Waals surface area contributed by atoms with Crippen LogP contribution in [0.2, 0.25) is 0 Å². The van der Waals surface area contributed by atoms with Crippen molar-refractivity contribution in [2.45, 2.75) is 6.61 Å². The van der Waals surface area contributed by atoms with E-state index in [9.17, 15) is 9.59 Å². The summed E-state index contributed by atoms with van der Waals surface area (Å²) in [5.74, 6) is -0.790. The number of hydrogen-bond acceptors (Lipinski definition) is 4. The molecule has 0 aliphatic carbocycles. The molecule has 0 radical (unpaired) electrons. The van der Waals surface area contributed by atoms with E-state index >= 15 is 0 Å². The van der Waals surface area contributed by atoms with E-state index < -0.39 is 5.91 Å². The highest BCUT2D eigenvalue weighted by Gasteiger charge is 2.37. The SMILES string of the molecule is O=C1c2cccnc2C(=O)N1c1ccc(CO)cc1. The van der Waals surface area contributed by atoms with Crippen molar-refractivity contribution in [1.29, 1.82) is 0 Å². The van der Waals surface area contributed by atoms with E-state index in [1.807, 2.05) is 0 Å². The van der Waals surface area contributed by atoms with Crippen LogP contribution in [0.4, 0.5) is 5.69 Å². The summed E-state index contributed by atoms with van der Waals surface area (Å²) in [5.41, 5.74) is 1.70. The minimum absolute atomic E-state index is 0.0794. The summed E-state index contributed by atoms with van der Waals surface area (Å²) in [4.78, 5) is 29.4. The highest BCUT2D eigenvalue weighted by Crippen LogP contribution is 2.27. The molecule has 0 atom stereocenters. The second-order valence-corrected chi connectivity index (χ2v) is 4.17. The molecule has 0 saturated carbocycles. The van der Waals surface area contributed by atoms with Gasteiger partial charge in [0.1, 0.15) is 5.69 Å². The van der Waals surface area contributed by atoms with Crippen molar-refractivity contribution in [3.05, 3.63) is 59.4 Å². The predicted molar refractivity (Wildman–Crippen MR) is 67.7 cm³/mol. The molecule has 0 unspecified atom stereocenters. The van der Waals surface area contributed by atoms with E-state index in [1.165, 1.54) is 6.20 Å². The molecule has 94 valence electrons. The van der Waals surface area contributed by atoms with Gasteiger partial charge in [-0.2, -0.15) is 0 Å². The molecule has 5 heteroatoms. The molecular formula is C14H10N2O3. The van der Waals surface area contributed by atoms with Gasteiger partial charge in [-0.05, 0) is 29.8 Å². The zero-order valence-corrected chi connectivity index (χ0v) is 9.91. The fourth-order valence-corrected chi connectivity index (χ4v) is 2.05. The largest absolute Gasteiger partial charge is 0.392 e. The lowest BCUT2D eigenvalue weighted by molar-refractivity contribution is 0.0924. The van der Waals surface area contributed by atoms with Crippen molar-refractivity contribution in [2.75, 3.05) is 4.90 Å². The zero-order valence-electron chi connectivity index (χ0n) is 9.91. The highest BCUT2D eigenvalue weighted by molar-refractivity contribution is 6.33. The Morgan fingerprint density at radius 1 is 1.05 bits per heavy atom. The lowest BCUT2D eigenvalue weighted by Gasteiger charge is -2.13. The third-order valence-electron chi connectivity index (χ3n) is 3.02. The van der Waals surface area contributed by atoms with Gasteiger partial charge in [0, 0.05) is 6.20 Å². The van der Waals surface area contributed by atoms with E-state index in [1.54, 1.807) is 36.4 Å². The number of benzene rings is 1. The van der Waals surface area contributed by atoms with E-state index in [4.69, 9.17) is 5.11 Å². The number of pyridine rings is 1. The number of aliphatic hydroxyl groups excluding tert-OH is 1. The summed E-state index contributed by atoms with van der Waals surface area (Å²) in [6, 6.07) is 9.83. The maximum absolute atomic E-state index is 12.2. The number of hydrogen-bond donors (Lipinski definition) is 1. The number of rotatable bonds is 2. The molecule has 2 heterocycles. The summed E-state index contributed by atoms with van der Waals surface area (Å²) < 4.78 is 0. The second-order valence-electron chi connectivity index (χ2n) is 4.17. The van der Waals surface area contributed by atoms with Gasteiger partial charge >= 0.3 is 0 Å². The van der Waals surface area contributed by atoms with Gasteiger partial charge in [-0.25, -0.2) is 4.90 Å². The molecule has 1 aliphatic rings. The third-order valence-corrected chi connectivity index (χ3v) is 3.02. The molecule has 0 spiro atoms. The molecule has 5 nitrogen and oxygen atoms in total. The monoisotopic (exact) mass is 254 g/mol. The van der Waals surface area contributed by atoms with E-state index in [0.29, 0.717) is 11.3 Å². The lowest BCUT2D eigenvalue weighted by atomic mass is 10.2. The van der Waals surface area contributed by atoms with Crippen molar-refractivity contribution in [2.24, 2.45) is 0 Å². The van der Waals surface area contributed by atoms with Gasteiger partial charge < -0.3 is 5.11 Å². The van der Waals surface area contributed by atoms with Crippen LogP contribution in [0.3, 0.4) is 0 Å². The first-order valence-electron chi connectivity index (χ1n) is 5.76. The Kier molecular flexibility index (Phi) is 2.61. The van der Waals surface area contributed by atoms with Crippen molar-refractivity contribution in [3.8, 4) is 0 Å². The molecule has 19 heavy (non-hydrogen) atoms. The second kappa shape index (κ2) is 4.29. The summed E-state index contributed by atoms with van der Waals surface area (Å²) in [7, 11) is 0. The molecule has 0 fully saturated rings. The topological polar surface area (TPSA) is 70.5 Å². The van der Waals surface area contributed by atoms with E-state index in [0.717, 1.165) is 10.5 Å². The maximum atomic E-state index is 12.2.